The molecule has 0 aromatic rings. The molecule has 0 bridgehead atoms. The first-order chi connectivity index (χ1) is 9.12. The fraction of sp³-hybridized carbons (Fsp3) is 0.944. The third-order valence-electron chi connectivity index (χ3n) is 4.13. The van der Waals surface area contributed by atoms with E-state index in [1.54, 1.807) is 0 Å². The lowest BCUT2D eigenvalue weighted by Gasteiger charge is -2.29. The van der Waals surface area contributed by atoms with Crippen molar-refractivity contribution in [3.05, 3.63) is 6.92 Å². The van der Waals surface area contributed by atoms with Crippen LogP contribution in [0.25, 0.3) is 0 Å². The minimum atomic E-state index is 1.08. The maximum Gasteiger partial charge on any atom is 0.0782 e. The van der Waals surface area contributed by atoms with Gasteiger partial charge in [-0.1, -0.05) is 65.2 Å². The summed E-state index contributed by atoms with van der Waals surface area (Å²) in [7, 11) is 4.73. The third-order valence-corrected chi connectivity index (χ3v) is 4.13. The smallest absolute Gasteiger partial charge is 0.0782 e. The molecule has 0 aliphatic heterocycles. The summed E-state index contributed by atoms with van der Waals surface area (Å²) in [6.45, 7) is 8.86. The van der Waals surface area contributed by atoms with Crippen LogP contribution in [-0.2, 0) is 0 Å². The summed E-state index contributed by atoms with van der Waals surface area (Å²) >= 11 is 0. The molecule has 1 heteroatoms. The highest BCUT2D eigenvalue weighted by Gasteiger charge is 2.12. The Bertz CT molecular complexity index is 175. The number of rotatable bonds is 14. The molecular weight excluding hydrogens is 230 g/mol. The van der Waals surface area contributed by atoms with Crippen LogP contribution in [-0.4, -0.2) is 31.7 Å². The Balaban J connectivity index is 3.21. The average molecular weight is 270 g/mol. The van der Waals surface area contributed by atoms with Crippen LogP contribution in [0.3, 0.4) is 0 Å². The largest absolute Gasteiger partial charge is 0.328 e. The summed E-state index contributed by atoms with van der Waals surface area (Å²) < 4.78 is 1.19. The first-order valence-corrected chi connectivity index (χ1v) is 8.73. The molecule has 0 spiro atoms. The second kappa shape index (κ2) is 13.0. The fourth-order valence-corrected chi connectivity index (χ4v) is 2.68. The number of nitrogens with zero attached hydrogens (tertiary/aromatic N) is 1. The molecule has 0 unspecified atom stereocenters. The highest BCUT2D eigenvalue weighted by atomic mass is 15.3. The molecule has 0 aromatic carbocycles. The van der Waals surface area contributed by atoms with Crippen LogP contribution in [0.2, 0.25) is 0 Å². The van der Waals surface area contributed by atoms with E-state index in [1.807, 2.05) is 0 Å². The Kier molecular flexibility index (Phi) is 12.9. The van der Waals surface area contributed by atoms with Crippen molar-refractivity contribution in [2.24, 2.45) is 0 Å². The van der Waals surface area contributed by atoms with Gasteiger partial charge in [0.15, 0.2) is 0 Å². The normalized spacial score (nSPS) is 12.0. The van der Waals surface area contributed by atoms with E-state index in [0.717, 1.165) is 6.42 Å². The monoisotopic (exact) mass is 269 g/mol. The molecule has 115 valence electrons. The van der Waals surface area contributed by atoms with Gasteiger partial charge in [0.1, 0.15) is 0 Å². The van der Waals surface area contributed by atoms with Gasteiger partial charge in [-0.15, -0.1) is 0 Å². The molecule has 0 rings (SSSR count). The lowest BCUT2D eigenvalue weighted by molar-refractivity contribution is -0.890. The maximum absolute atomic E-state index is 3.94. The van der Waals surface area contributed by atoms with Crippen LogP contribution >= 0.6 is 0 Å². The molecule has 1 radical (unpaired) electrons. The summed E-state index contributed by atoms with van der Waals surface area (Å²) in [4.78, 5) is 0. The van der Waals surface area contributed by atoms with Crippen molar-refractivity contribution in [2.75, 3.05) is 27.2 Å². The summed E-state index contributed by atoms with van der Waals surface area (Å²) in [5.74, 6) is 0. The van der Waals surface area contributed by atoms with Gasteiger partial charge in [0.05, 0.1) is 27.2 Å². The van der Waals surface area contributed by atoms with E-state index in [9.17, 15) is 0 Å². The van der Waals surface area contributed by atoms with Gasteiger partial charge in [0.2, 0.25) is 0 Å². The SMILES string of the molecule is [CH2]CCC[N+](C)(C)CCCCCCCCCCCC. The standard InChI is InChI=1S/C18H39N/c1-5-7-9-10-11-12-13-14-15-16-18-19(3,4)17-8-6-2/h2,5-18H2,1,3-4H3/q+1. The molecule has 0 aliphatic carbocycles. The zero-order valence-electron chi connectivity index (χ0n) is 14.1. The van der Waals surface area contributed by atoms with Crippen LogP contribution in [0.4, 0.5) is 0 Å². The van der Waals surface area contributed by atoms with Gasteiger partial charge in [0, 0.05) is 0 Å². The quantitative estimate of drug-likeness (QED) is 0.284. The summed E-state index contributed by atoms with van der Waals surface area (Å²) in [5, 5.41) is 0. The zero-order valence-corrected chi connectivity index (χ0v) is 14.1. The van der Waals surface area contributed by atoms with Gasteiger partial charge in [-0.2, -0.15) is 0 Å². The maximum atomic E-state index is 3.94. The summed E-state index contributed by atoms with van der Waals surface area (Å²) in [5.41, 5.74) is 0. The topological polar surface area (TPSA) is 0 Å². The van der Waals surface area contributed by atoms with E-state index in [0.29, 0.717) is 0 Å². The summed E-state index contributed by atoms with van der Waals surface area (Å²) in [6.07, 6.45) is 16.7. The second-order valence-electron chi connectivity index (χ2n) is 6.77. The zero-order chi connectivity index (χ0) is 14.4. The van der Waals surface area contributed by atoms with Crippen molar-refractivity contribution >= 4 is 0 Å². The van der Waals surface area contributed by atoms with E-state index in [2.05, 4.69) is 27.9 Å². The lowest BCUT2D eigenvalue weighted by Crippen LogP contribution is -2.41. The third kappa shape index (κ3) is 14.2. The second-order valence-corrected chi connectivity index (χ2v) is 6.77. The van der Waals surface area contributed by atoms with Crippen molar-refractivity contribution in [1.29, 1.82) is 0 Å². The number of hydrogen-bond acceptors (Lipinski definition) is 0. The number of unbranched alkanes of at least 4 members (excludes halogenated alkanes) is 10. The summed E-state index contributed by atoms with van der Waals surface area (Å²) in [6, 6.07) is 0. The Labute approximate surface area is 123 Å². The van der Waals surface area contributed by atoms with Gasteiger partial charge in [-0.25, -0.2) is 0 Å². The average Bonchev–Trinajstić information content (AvgIpc) is 2.38. The van der Waals surface area contributed by atoms with Crippen molar-refractivity contribution < 1.29 is 4.48 Å². The van der Waals surface area contributed by atoms with Gasteiger partial charge < -0.3 is 4.48 Å². The van der Waals surface area contributed by atoms with Crippen molar-refractivity contribution in [1.82, 2.24) is 0 Å². The van der Waals surface area contributed by atoms with E-state index in [-0.39, 0.29) is 0 Å². The Morgan fingerprint density at radius 2 is 1.05 bits per heavy atom. The minimum Gasteiger partial charge on any atom is -0.328 e. The molecule has 0 amide bonds. The van der Waals surface area contributed by atoms with Crippen molar-refractivity contribution in [3.8, 4) is 0 Å². The molecule has 0 aliphatic rings. The Morgan fingerprint density at radius 1 is 0.632 bits per heavy atom. The van der Waals surface area contributed by atoms with E-state index in [4.69, 9.17) is 0 Å². The molecule has 0 saturated heterocycles. The Morgan fingerprint density at radius 3 is 1.53 bits per heavy atom. The highest BCUT2D eigenvalue weighted by molar-refractivity contribution is 4.48. The first kappa shape index (κ1) is 19.0. The molecule has 0 N–H and O–H groups in total. The van der Waals surface area contributed by atoms with E-state index in [1.165, 1.54) is 88.2 Å². The van der Waals surface area contributed by atoms with Gasteiger partial charge >= 0.3 is 0 Å². The van der Waals surface area contributed by atoms with E-state index < -0.39 is 0 Å². The van der Waals surface area contributed by atoms with Crippen LogP contribution in [0.5, 0.6) is 0 Å². The van der Waals surface area contributed by atoms with Gasteiger partial charge in [-0.05, 0) is 25.7 Å². The van der Waals surface area contributed by atoms with Crippen LogP contribution < -0.4 is 0 Å². The molecular formula is C18H39N+. The van der Waals surface area contributed by atoms with Gasteiger partial charge in [0.25, 0.3) is 0 Å². The molecule has 0 fully saturated rings. The highest BCUT2D eigenvalue weighted by Crippen LogP contribution is 2.12. The van der Waals surface area contributed by atoms with E-state index >= 15 is 0 Å². The van der Waals surface area contributed by atoms with Crippen LogP contribution in [0, 0.1) is 6.92 Å². The fourth-order valence-electron chi connectivity index (χ4n) is 2.68. The lowest BCUT2D eigenvalue weighted by atomic mass is 10.1. The van der Waals surface area contributed by atoms with Crippen molar-refractivity contribution in [3.63, 3.8) is 0 Å². The molecule has 0 heterocycles. The minimum absolute atomic E-state index is 1.08. The number of quaternary nitrogens is 1. The number of hydrogen-bond donors (Lipinski definition) is 0. The Hall–Kier alpha value is -0.0400. The first-order valence-electron chi connectivity index (χ1n) is 8.73. The van der Waals surface area contributed by atoms with Crippen molar-refractivity contribution in [2.45, 2.75) is 84.0 Å². The molecule has 19 heavy (non-hydrogen) atoms. The van der Waals surface area contributed by atoms with Gasteiger partial charge in [-0.3, -0.25) is 0 Å². The predicted octanol–water partition coefficient (Wildman–Crippen LogP) is 5.60. The molecule has 0 saturated carbocycles. The van der Waals surface area contributed by atoms with Crippen LogP contribution in [0.1, 0.15) is 84.0 Å². The molecule has 1 nitrogen and oxygen atoms in total. The molecule has 0 atom stereocenters. The predicted molar refractivity (Wildman–Crippen MR) is 88.3 cm³/mol. The van der Waals surface area contributed by atoms with Crippen LogP contribution in [0.15, 0.2) is 0 Å². The molecule has 0 aromatic heterocycles.